The molecule has 20 heavy (non-hydrogen) atoms. The number of halogens is 1. The lowest BCUT2D eigenvalue weighted by molar-refractivity contribution is 0.868. The van der Waals surface area contributed by atoms with Gasteiger partial charge in [0.1, 0.15) is 5.82 Å². The number of alkyl halides is 1. The Bertz CT molecular complexity index is 610. The summed E-state index contributed by atoms with van der Waals surface area (Å²) in [5, 5.41) is 0. The summed E-state index contributed by atoms with van der Waals surface area (Å²) >= 11 is 6.03. The van der Waals surface area contributed by atoms with E-state index >= 15 is 0 Å². The zero-order chi connectivity index (χ0) is 13.9. The molecule has 0 saturated heterocycles. The van der Waals surface area contributed by atoms with Crippen molar-refractivity contribution < 1.29 is 0 Å². The predicted molar refractivity (Wildman–Crippen MR) is 84.9 cm³/mol. The minimum absolute atomic E-state index is 0.543. The first-order chi connectivity index (χ1) is 9.81. The largest absolute Gasteiger partial charge is 0.326 e. The van der Waals surface area contributed by atoms with Gasteiger partial charge in [-0.2, -0.15) is 0 Å². The van der Waals surface area contributed by atoms with Crippen molar-refractivity contribution >= 4 is 23.1 Å². The zero-order valence-corrected chi connectivity index (χ0v) is 12.5. The molecule has 1 aliphatic heterocycles. The third kappa shape index (κ3) is 2.53. The van der Waals surface area contributed by atoms with Crippen LogP contribution in [0, 0.1) is 0 Å². The highest BCUT2D eigenvalue weighted by atomic mass is 35.5. The van der Waals surface area contributed by atoms with Crippen LogP contribution in [0.5, 0.6) is 0 Å². The van der Waals surface area contributed by atoms with Gasteiger partial charge in [0.05, 0.1) is 0 Å². The van der Waals surface area contributed by atoms with E-state index in [1.54, 1.807) is 0 Å². The Balaban J connectivity index is 2.00. The second-order valence-corrected chi connectivity index (χ2v) is 5.51. The van der Waals surface area contributed by atoms with Crippen molar-refractivity contribution in [3.8, 4) is 0 Å². The SMILES string of the molecule is CCCc1cc(CCl)cc(N2CCc3ccccc32)n1. The Morgan fingerprint density at radius 1 is 1.25 bits per heavy atom. The standard InChI is InChI=1S/C17H19ClN2/c1-2-5-15-10-13(12-18)11-17(19-15)20-9-8-14-6-3-4-7-16(14)20/h3-4,6-7,10-11H,2,5,8-9,12H2,1H3. The first-order valence-corrected chi connectivity index (χ1v) is 7.76. The number of rotatable bonds is 4. The highest BCUT2D eigenvalue weighted by Crippen LogP contribution is 2.33. The summed E-state index contributed by atoms with van der Waals surface area (Å²) < 4.78 is 0. The molecule has 0 aliphatic carbocycles. The fourth-order valence-electron chi connectivity index (χ4n) is 2.81. The van der Waals surface area contributed by atoms with Crippen LogP contribution in [0.25, 0.3) is 0 Å². The van der Waals surface area contributed by atoms with Gasteiger partial charge in [0.15, 0.2) is 0 Å². The summed E-state index contributed by atoms with van der Waals surface area (Å²) in [5.41, 5.74) is 4.99. The molecule has 104 valence electrons. The molecular formula is C17H19ClN2. The maximum Gasteiger partial charge on any atom is 0.133 e. The van der Waals surface area contributed by atoms with Crippen LogP contribution < -0.4 is 4.90 Å². The van der Waals surface area contributed by atoms with Crippen LogP contribution in [0.4, 0.5) is 11.5 Å². The van der Waals surface area contributed by atoms with Crippen LogP contribution in [0.2, 0.25) is 0 Å². The molecular weight excluding hydrogens is 268 g/mol. The number of para-hydroxylation sites is 1. The molecule has 3 heteroatoms. The molecule has 0 spiro atoms. The summed E-state index contributed by atoms with van der Waals surface area (Å²) in [6, 6.07) is 12.8. The molecule has 0 unspecified atom stereocenters. The number of aryl methyl sites for hydroxylation is 1. The molecule has 0 fully saturated rings. The van der Waals surface area contributed by atoms with E-state index in [9.17, 15) is 0 Å². The monoisotopic (exact) mass is 286 g/mol. The molecule has 2 heterocycles. The number of hydrogen-bond donors (Lipinski definition) is 0. The molecule has 1 aromatic heterocycles. The molecule has 0 N–H and O–H groups in total. The summed E-state index contributed by atoms with van der Waals surface area (Å²) in [6.07, 6.45) is 3.20. The van der Waals surface area contributed by atoms with Gasteiger partial charge in [0.2, 0.25) is 0 Å². The first-order valence-electron chi connectivity index (χ1n) is 7.23. The molecule has 2 nitrogen and oxygen atoms in total. The molecule has 0 radical (unpaired) electrons. The van der Waals surface area contributed by atoms with E-state index in [1.165, 1.54) is 11.3 Å². The maximum absolute atomic E-state index is 6.03. The minimum Gasteiger partial charge on any atom is -0.326 e. The van der Waals surface area contributed by atoms with Gasteiger partial charge in [-0.3, -0.25) is 0 Å². The van der Waals surface area contributed by atoms with Crippen LogP contribution in [0.1, 0.15) is 30.2 Å². The van der Waals surface area contributed by atoms with E-state index in [-0.39, 0.29) is 0 Å². The first kappa shape index (κ1) is 13.4. The summed E-state index contributed by atoms with van der Waals surface area (Å²) in [6.45, 7) is 3.18. The van der Waals surface area contributed by atoms with Crippen LogP contribution in [0.3, 0.4) is 0 Å². The van der Waals surface area contributed by atoms with Crippen molar-refractivity contribution in [3.63, 3.8) is 0 Å². The van der Waals surface area contributed by atoms with Gasteiger partial charge < -0.3 is 4.90 Å². The fraction of sp³-hybridized carbons (Fsp3) is 0.353. The average Bonchev–Trinajstić information content (AvgIpc) is 2.91. The average molecular weight is 287 g/mol. The van der Waals surface area contributed by atoms with Gasteiger partial charge in [-0.05, 0) is 42.2 Å². The van der Waals surface area contributed by atoms with E-state index in [2.05, 4.69) is 48.2 Å². The number of pyridine rings is 1. The van der Waals surface area contributed by atoms with Gasteiger partial charge in [-0.15, -0.1) is 11.6 Å². The molecule has 0 bridgehead atoms. The molecule has 0 saturated carbocycles. The zero-order valence-electron chi connectivity index (χ0n) is 11.8. The lowest BCUT2D eigenvalue weighted by atomic mass is 10.1. The highest BCUT2D eigenvalue weighted by molar-refractivity contribution is 6.17. The van der Waals surface area contributed by atoms with E-state index in [0.717, 1.165) is 42.9 Å². The number of anilines is 2. The summed E-state index contributed by atoms with van der Waals surface area (Å²) in [7, 11) is 0. The van der Waals surface area contributed by atoms with Gasteiger partial charge in [-0.1, -0.05) is 31.5 Å². The lowest BCUT2D eigenvalue weighted by Crippen LogP contribution is -2.15. The minimum atomic E-state index is 0.543. The number of aromatic nitrogens is 1. The smallest absolute Gasteiger partial charge is 0.133 e. The third-order valence-electron chi connectivity index (χ3n) is 3.75. The molecule has 2 aromatic rings. The van der Waals surface area contributed by atoms with E-state index in [4.69, 9.17) is 16.6 Å². The normalized spacial score (nSPS) is 13.6. The van der Waals surface area contributed by atoms with E-state index < -0.39 is 0 Å². The van der Waals surface area contributed by atoms with Gasteiger partial charge in [-0.25, -0.2) is 4.98 Å². The fourth-order valence-corrected chi connectivity index (χ4v) is 2.96. The third-order valence-corrected chi connectivity index (χ3v) is 4.06. The quantitative estimate of drug-likeness (QED) is 0.771. The summed E-state index contributed by atoms with van der Waals surface area (Å²) in [5.74, 6) is 1.58. The Kier molecular flexibility index (Phi) is 3.93. The molecule has 1 aromatic carbocycles. The van der Waals surface area contributed by atoms with Crippen molar-refractivity contribution in [2.75, 3.05) is 11.4 Å². The number of nitrogens with zero attached hydrogens (tertiary/aromatic N) is 2. The van der Waals surface area contributed by atoms with E-state index in [0.29, 0.717) is 5.88 Å². The van der Waals surface area contributed by atoms with Crippen molar-refractivity contribution in [3.05, 3.63) is 53.2 Å². The van der Waals surface area contributed by atoms with Gasteiger partial charge in [0.25, 0.3) is 0 Å². The maximum atomic E-state index is 6.03. The van der Waals surface area contributed by atoms with Crippen LogP contribution >= 0.6 is 11.6 Å². The second kappa shape index (κ2) is 5.84. The van der Waals surface area contributed by atoms with Crippen molar-refractivity contribution in [1.82, 2.24) is 4.98 Å². The van der Waals surface area contributed by atoms with Crippen molar-refractivity contribution in [2.24, 2.45) is 0 Å². The Hall–Kier alpha value is -1.54. The predicted octanol–water partition coefficient (Wildman–Crippen LogP) is 4.47. The van der Waals surface area contributed by atoms with Crippen LogP contribution in [0.15, 0.2) is 36.4 Å². The van der Waals surface area contributed by atoms with E-state index in [1.807, 2.05) is 0 Å². The summed E-state index contributed by atoms with van der Waals surface area (Å²) in [4.78, 5) is 7.13. The molecule has 1 aliphatic rings. The molecule has 0 amide bonds. The van der Waals surface area contributed by atoms with Crippen molar-refractivity contribution in [1.29, 1.82) is 0 Å². The Labute approximate surface area is 125 Å². The topological polar surface area (TPSA) is 16.1 Å². The number of benzene rings is 1. The molecule has 3 rings (SSSR count). The van der Waals surface area contributed by atoms with Crippen LogP contribution in [-0.2, 0) is 18.7 Å². The van der Waals surface area contributed by atoms with Crippen molar-refractivity contribution in [2.45, 2.75) is 32.1 Å². The number of hydrogen-bond acceptors (Lipinski definition) is 2. The Morgan fingerprint density at radius 3 is 2.90 bits per heavy atom. The Morgan fingerprint density at radius 2 is 2.10 bits per heavy atom. The number of fused-ring (bicyclic) bond motifs is 1. The van der Waals surface area contributed by atoms with Crippen LogP contribution in [-0.4, -0.2) is 11.5 Å². The molecule has 0 atom stereocenters. The van der Waals surface area contributed by atoms with Gasteiger partial charge in [0, 0.05) is 23.8 Å². The van der Waals surface area contributed by atoms with Gasteiger partial charge >= 0.3 is 0 Å². The highest BCUT2D eigenvalue weighted by Gasteiger charge is 2.21. The second-order valence-electron chi connectivity index (χ2n) is 5.24. The lowest BCUT2D eigenvalue weighted by Gasteiger charge is -2.20.